The number of carbonyl (C=O) groups is 3. The van der Waals surface area contributed by atoms with Gasteiger partial charge in [-0.15, -0.1) is 0 Å². The van der Waals surface area contributed by atoms with Gasteiger partial charge in [0, 0.05) is 20.3 Å². The number of carbonyl (C=O) groups excluding carboxylic acids is 3. The largest absolute Gasteiger partial charge is 0.462 e. The first-order valence-electron chi connectivity index (χ1n) is 4.50. The highest BCUT2D eigenvalue weighted by Crippen LogP contribution is 2.18. The Balaban J connectivity index is 2.38. The highest BCUT2D eigenvalue weighted by molar-refractivity contribution is 5.80. The molecule has 1 heterocycles. The molecule has 0 saturated carbocycles. The zero-order valence-corrected chi connectivity index (χ0v) is 8.52. The Morgan fingerprint density at radius 3 is 2.60 bits per heavy atom. The van der Waals surface area contributed by atoms with Crippen molar-refractivity contribution in [2.45, 2.75) is 32.5 Å². The zero-order chi connectivity index (χ0) is 11.4. The van der Waals surface area contributed by atoms with Crippen molar-refractivity contribution in [3.05, 3.63) is 0 Å². The summed E-state index contributed by atoms with van der Waals surface area (Å²) in [6.07, 6.45) is -1.17. The van der Waals surface area contributed by atoms with E-state index in [1.54, 1.807) is 0 Å². The molecule has 0 aromatic carbocycles. The van der Waals surface area contributed by atoms with E-state index in [0.29, 0.717) is 0 Å². The van der Waals surface area contributed by atoms with Gasteiger partial charge in [0.25, 0.3) is 0 Å². The molecule has 0 aromatic rings. The molecule has 15 heavy (non-hydrogen) atoms. The monoisotopic (exact) mass is 216 g/mol. The lowest BCUT2D eigenvalue weighted by atomic mass is 10.2. The summed E-state index contributed by atoms with van der Waals surface area (Å²) in [6, 6.07) is 0. The van der Waals surface area contributed by atoms with Gasteiger partial charge in [-0.3, -0.25) is 9.59 Å². The molecule has 0 N–H and O–H groups in total. The molecule has 0 aliphatic carbocycles. The van der Waals surface area contributed by atoms with Crippen molar-refractivity contribution in [3.8, 4) is 0 Å². The van der Waals surface area contributed by atoms with Crippen LogP contribution in [-0.2, 0) is 28.6 Å². The van der Waals surface area contributed by atoms with Gasteiger partial charge in [0.2, 0.25) is 6.10 Å². The van der Waals surface area contributed by atoms with Crippen molar-refractivity contribution < 1.29 is 28.6 Å². The fourth-order valence-corrected chi connectivity index (χ4v) is 1.23. The molecule has 6 nitrogen and oxygen atoms in total. The van der Waals surface area contributed by atoms with E-state index in [1.807, 2.05) is 0 Å². The van der Waals surface area contributed by atoms with Gasteiger partial charge in [0.05, 0.1) is 0 Å². The Kier molecular flexibility index (Phi) is 3.65. The van der Waals surface area contributed by atoms with Crippen LogP contribution in [0.15, 0.2) is 0 Å². The molecule has 1 rings (SSSR count). The standard InChI is InChI=1S/C9H12O6/c1-5(10)13-4-7-3-8(9(12)15-7)14-6(2)11/h7-8H,3-4H2,1-2H3/t7-,8-/m0/s1. The van der Waals surface area contributed by atoms with Crippen LogP contribution in [-0.4, -0.2) is 36.7 Å². The molecule has 0 aromatic heterocycles. The Morgan fingerprint density at radius 1 is 1.40 bits per heavy atom. The zero-order valence-electron chi connectivity index (χ0n) is 8.52. The average Bonchev–Trinajstić information content (AvgIpc) is 2.43. The molecule has 1 aliphatic rings. The minimum atomic E-state index is -0.872. The quantitative estimate of drug-likeness (QED) is 0.480. The van der Waals surface area contributed by atoms with Gasteiger partial charge in [-0.1, -0.05) is 0 Å². The molecule has 6 heteroatoms. The van der Waals surface area contributed by atoms with Crippen LogP contribution in [0.1, 0.15) is 20.3 Å². The van der Waals surface area contributed by atoms with Crippen molar-refractivity contribution >= 4 is 17.9 Å². The summed E-state index contributed by atoms with van der Waals surface area (Å²) in [7, 11) is 0. The van der Waals surface area contributed by atoms with Crippen molar-refractivity contribution in [1.29, 1.82) is 0 Å². The Bertz CT molecular complexity index is 284. The molecule has 1 fully saturated rings. The highest BCUT2D eigenvalue weighted by Gasteiger charge is 2.37. The van der Waals surface area contributed by atoms with Gasteiger partial charge in [0.15, 0.2) is 0 Å². The summed E-state index contributed by atoms with van der Waals surface area (Å²) >= 11 is 0. The van der Waals surface area contributed by atoms with E-state index < -0.39 is 30.1 Å². The van der Waals surface area contributed by atoms with E-state index in [0.717, 1.165) is 0 Å². The maximum Gasteiger partial charge on any atom is 0.348 e. The molecule has 0 bridgehead atoms. The summed E-state index contributed by atoms with van der Waals surface area (Å²) in [5, 5.41) is 0. The van der Waals surface area contributed by atoms with Crippen molar-refractivity contribution in [2.75, 3.05) is 6.61 Å². The van der Waals surface area contributed by atoms with E-state index in [9.17, 15) is 14.4 Å². The van der Waals surface area contributed by atoms with Crippen LogP contribution in [0, 0.1) is 0 Å². The fraction of sp³-hybridized carbons (Fsp3) is 0.667. The minimum Gasteiger partial charge on any atom is -0.462 e. The number of cyclic esters (lactones) is 1. The smallest absolute Gasteiger partial charge is 0.348 e. The lowest BCUT2D eigenvalue weighted by Crippen LogP contribution is -2.21. The van der Waals surface area contributed by atoms with Crippen LogP contribution in [0.4, 0.5) is 0 Å². The van der Waals surface area contributed by atoms with Crippen molar-refractivity contribution in [3.63, 3.8) is 0 Å². The third-order valence-electron chi connectivity index (χ3n) is 1.80. The number of ether oxygens (including phenoxy) is 3. The number of hydrogen-bond donors (Lipinski definition) is 0. The Morgan fingerprint density at radius 2 is 2.07 bits per heavy atom. The molecular formula is C9H12O6. The molecule has 2 atom stereocenters. The first kappa shape index (κ1) is 11.5. The second kappa shape index (κ2) is 4.77. The predicted molar refractivity (Wildman–Crippen MR) is 46.7 cm³/mol. The maximum atomic E-state index is 11.1. The van der Waals surface area contributed by atoms with Crippen molar-refractivity contribution in [1.82, 2.24) is 0 Å². The van der Waals surface area contributed by atoms with Gasteiger partial charge in [-0.05, 0) is 0 Å². The van der Waals surface area contributed by atoms with Gasteiger partial charge < -0.3 is 14.2 Å². The van der Waals surface area contributed by atoms with Crippen LogP contribution < -0.4 is 0 Å². The van der Waals surface area contributed by atoms with Gasteiger partial charge in [0.1, 0.15) is 12.7 Å². The molecule has 1 aliphatic heterocycles. The third kappa shape index (κ3) is 3.57. The van der Waals surface area contributed by atoms with Crippen LogP contribution in [0.3, 0.4) is 0 Å². The molecular weight excluding hydrogens is 204 g/mol. The lowest BCUT2D eigenvalue weighted by Gasteiger charge is -2.07. The van der Waals surface area contributed by atoms with Crippen LogP contribution in [0.2, 0.25) is 0 Å². The van der Waals surface area contributed by atoms with E-state index in [-0.39, 0.29) is 13.0 Å². The number of hydrogen-bond acceptors (Lipinski definition) is 6. The third-order valence-corrected chi connectivity index (χ3v) is 1.80. The number of rotatable bonds is 3. The highest BCUT2D eigenvalue weighted by atomic mass is 16.6. The summed E-state index contributed by atoms with van der Waals surface area (Å²) in [5.74, 6) is -1.57. The summed E-state index contributed by atoms with van der Waals surface area (Å²) in [5.41, 5.74) is 0. The SMILES string of the molecule is CC(=O)OC[C@@H]1C[C@H](OC(C)=O)C(=O)O1. The van der Waals surface area contributed by atoms with E-state index in [4.69, 9.17) is 9.47 Å². The molecule has 0 amide bonds. The lowest BCUT2D eigenvalue weighted by molar-refractivity contribution is -0.160. The molecule has 0 spiro atoms. The Hall–Kier alpha value is -1.59. The van der Waals surface area contributed by atoms with E-state index >= 15 is 0 Å². The summed E-state index contributed by atoms with van der Waals surface area (Å²) in [6.45, 7) is 2.48. The first-order valence-corrected chi connectivity index (χ1v) is 4.50. The topological polar surface area (TPSA) is 78.9 Å². The molecule has 0 unspecified atom stereocenters. The average molecular weight is 216 g/mol. The summed E-state index contributed by atoms with van der Waals surface area (Å²) < 4.78 is 14.2. The normalized spacial score (nSPS) is 24.5. The minimum absolute atomic E-state index is 0.00115. The second-order valence-corrected chi connectivity index (χ2v) is 3.20. The van der Waals surface area contributed by atoms with Crippen LogP contribution in [0.25, 0.3) is 0 Å². The molecule has 84 valence electrons. The second-order valence-electron chi connectivity index (χ2n) is 3.20. The predicted octanol–water partition coefficient (Wildman–Crippen LogP) is -0.203. The molecule has 0 radical (unpaired) electrons. The maximum absolute atomic E-state index is 11.1. The fourth-order valence-electron chi connectivity index (χ4n) is 1.23. The van der Waals surface area contributed by atoms with Crippen LogP contribution in [0.5, 0.6) is 0 Å². The van der Waals surface area contributed by atoms with Gasteiger partial charge in [-0.2, -0.15) is 0 Å². The van der Waals surface area contributed by atoms with Gasteiger partial charge in [-0.25, -0.2) is 4.79 Å². The first-order chi connectivity index (χ1) is 6.99. The Labute approximate surface area is 86.5 Å². The van der Waals surface area contributed by atoms with E-state index in [2.05, 4.69) is 4.74 Å². The summed E-state index contributed by atoms with van der Waals surface area (Å²) in [4.78, 5) is 32.2. The number of esters is 3. The van der Waals surface area contributed by atoms with Crippen LogP contribution >= 0.6 is 0 Å². The van der Waals surface area contributed by atoms with Crippen molar-refractivity contribution in [2.24, 2.45) is 0 Å². The van der Waals surface area contributed by atoms with E-state index in [1.165, 1.54) is 13.8 Å². The van der Waals surface area contributed by atoms with Gasteiger partial charge >= 0.3 is 17.9 Å². The molecule has 1 saturated heterocycles.